The largest absolute Gasteiger partial charge is 0.354 e. The fourth-order valence-corrected chi connectivity index (χ4v) is 4.53. The third-order valence-electron chi connectivity index (χ3n) is 6.43. The smallest absolute Gasteiger partial charge is 0.159 e. The van der Waals surface area contributed by atoms with Gasteiger partial charge >= 0.3 is 0 Å². The molecule has 0 aliphatic carbocycles. The molecule has 7 aromatic rings. The Morgan fingerprint density at radius 2 is 1.67 bits per heavy atom. The van der Waals surface area contributed by atoms with Crippen LogP contribution < -0.4 is 5.32 Å². The molecule has 7 rings (SSSR count). The average Bonchev–Trinajstić information content (AvgIpc) is 3.62. The van der Waals surface area contributed by atoms with Crippen LogP contribution in [0.1, 0.15) is 5.56 Å². The molecule has 9 nitrogen and oxygen atoms in total. The topological polar surface area (TPSA) is 121 Å². The number of rotatable bonds is 6. The number of imidazole rings is 1. The minimum atomic E-state index is 0.631. The molecule has 6 aromatic heterocycles. The van der Waals surface area contributed by atoms with Crippen LogP contribution in [0.2, 0.25) is 0 Å². The van der Waals surface area contributed by atoms with Crippen molar-refractivity contribution in [3.63, 3.8) is 0 Å². The number of nitrogens with zero attached hydrogens (tertiary/aromatic N) is 6. The zero-order valence-electron chi connectivity index (χ0n) is 20.6. The molecular formula is C30H21N9. The Kier molecular flexibility index (Phi) is 5.37. The molecule has 186 valence electrons. The highest BCUT2D eigenvalue weighted by Crippen LogP contribution is 2.31. The SMILES string of the molecule is C=C(Nc1cncc(-c2cc3c(-c4nc5c(-c6ccccn6)nccc5[nH]4)n[nH]c3cn2)c1)c1ccccc1. The summed E-state index contributed by atoms with van der Waals surface area (Å²) in [4.78, 5) is 26.3. The van der Waals surface area contributed by atoms with Crippen LogP contribution in [0.25, 0.3) is 61.8 Å². The molecule has 0 bridgehead atoms. The van der Waals surface area contributed by atoms with E-state index < -0.39 is 0 Å². The van der Waals surface area contributed by atoms with Crippen molar-refractivity contribution in [3.8, 4) is 34.2 Å². The second-order valence-electron chi connectivity index (χ2n) is 8.98. The fraction of sp³-hybridized carbons (Fsp3) is 0. The predicted octanol–water partition coefficient (Wildman–Crippen LogP) is 6.10. The summed E-state index contributed by atoms with van der Waals surface area (Å²) in [5, 5.41) is 11.9. The first-order valence-corrected chi connectivity index (χ1v) is 12.3. The molecule has 0 fully saturated rings. The van der Waals surface area contributed by atoms with Crippen LogP contribution in [0.4, 0.5) is 5.69 Å². The van der Waals surface area contributed by atoms with Gasteiger partial charge in [-0.1, -0.05) is 43.0 Å². The highest BCUT2D eigenvalue weighted by atomic mass is 15.1. The van der Waals surface area contributed by atoms with E-state index in [9.17, 15) is 0 Å². The van der Waals surface area contributed by atoms with Gasteiger partial charge in [-0.25, -0.2) is 4.98 Å². The zero-order valence-corrected chi connectivity index (χ0v) is 20.6. The Labute approximate surface area is 222 Å². The predicted molar refractivity (Wildman–Crippen MR) is 152 cm³/mol. The van der Waals surface area contributed by atoms with Gasteiger partial charge in [-0.05, 0) is 35.9 Å². The second-order valence-corrected chi connectivity index (χ2v) is 8.98. The molecule has 0 amide bonds. The van der Waals surface area contributed by atoms with Gasteiger partial charge in [0.2, 0.25) is 0 Å². The van der Waals surface area contributed by atoms with Crippen molar-refractivity contribution in [1.29, 1.82) is 0 Å². The molecule has 0 spiro atoms. The van der Waals surface area contributed by atoms with Crippen LogP contribution in [-0.2, 0) is 0 Å². The summed E-state index contributed by atoms with van der Waals surface area (Å²) >= 11 is 0. The Bertz CT molecular complexity index is 1960. The number of hydrogen-bond acceptors (Lipinski definition) is 7. The minimum absolute atomic E-state index is 0.631. The van der Waals surface area contributed by atoms with E-state index in [1.165, 1.54) is 0 Å². The van der Waals surface area contributed by atoms with E-state index >= 15 is 0 Å². The molecule has 0 saturated carbocycles. The van der Waals surface area contributed by atoms with Crippen molar-refractivity contribution in [2.24, 2.45) is 0 Å². The highest BCUT2D eigenvalue weighted by Gasteiger charge is 2.17. The first kappa shape index (κ1) is 22.5. The molecule has 39 heavy (non-hydrogen) atoms. The summed E-state index contributed by atoms with van der Waals surface area (Å²) in [7, 11) is 0. The van der Waals surface area contributed by atoms with Crippen LogP contribution in [-0.4, -0.2) is 40.1 Å². The summed E-state index contributed by atoms with van der Waals surface area (Å²) in [5.41, 5.74) is 8.81. The number of nitrogens with one attached hydrogen (secondary N) is 3. The van der Waals surface area contributed by atoms with Gasteiger partial charge in [0.05, 0.1) is 40.5 Å². The summed E-state index contributed by atoms with van der Waals surface area (Å²) in [6.07, 6.45) is 8.82. The van der Waals surface area contributed by atoms with Crippen molar-refractivity contribution in [3.05, 3.63) is 110 Å². The van der Waals surface area contributed by atoms with Crippen LogP contribution in [0, 0.1) is 0 Å². The molecule has 0 aliphatic heterocycles. The minimum Gasteiger partial charge on any atom is -0.354 e. The van der Waals surface area contributed by atoms with Gasteiger partial charge in [0.1, 0.15) is 16.9 Å². The summed E-state index contributed by atoms with van der Waals surface area (Å²) in [6, 6.07) is 21.6. The lowest BCUT2D eigenvalue weighted by Gasteiger charge is -2.10. The number of fused-ring (bicyclic) bond motifs is 2. The number of anilines is 1. The van der Waals surface area contributed by atoms with E-state index in [1.807, 2.05) is 66.7 Å². The molecule has 1 aromatic carbocycles. The van der Waals surface area contributed by atoms with E-state index in [2.05, 4.69) is 47.0 Å². The quantitative estimate of drug-likeness (QED) is 0.249. The maximum absolute atomic E-state index is 4.87. The number of aromatic nitrogens is 8. The van der Waals surface area contributed by atoms with Gasteiger partial charge in [0.15, 0.2) is 5.82 Å². The number of benzene rings is 1. The molecule has 6 heterocycles. The second kappa shape index (κ2) is 9.31. The Morgan fingerprint density at radius 3 is 2.54 bits per heavy atom. The van der Waals surface area contributed by atoms with E-state index in [1.54, 1.807) is 31.0 Å². The van der Waals surface area contributed by atoms with Crippen molar-refractivity contribution >= 4 is 33.3 Å². The molecule has 0 radical (unpaired) electrons. The lowest BCUT2D eigenvalue weighted by atomic mass is 10.1. The van der Waals surface area contributed by atoms with Gasteiger partial charge in [-0.15, -0.1) is 0 Å². The van der Waals surface area contributed by atoms with Crippen LogP contribution >= 0.6 is 0 Å². The average molecular weight is 508 g/mol. The van der Waals surface area contributed by atoms with E-state index in [-0.39, 0.29) is 0 Å². The van der Waals surface area contributed by atoms with Gasteiger partial charge in [0, 0.05) is 35.2 Å². The molecule has 0 aliphatic rings. The Hall–Kier alpha value is -5.70. The summed E-state index contributed by atoms with van der Waals surface area (Å²) in [5.74, 6) is 0.631. The first-order valence-electron chi connectivity index (χ1n) is 12.3. The van der Waals surface area contributed by atoms with Gasteiger partial charge in [-0.2, -0.15) is 5.10 Å². The van der Waals surface area contributed by atoms with Crippen molar-refractivity contribution in [2.45, 2.75) is 0 Å². The third kappa shape index (κ3) is 4.17. The van der Waals surface area contributed by atoms with Crippen molar-refractivity contribution in [2.75, 3.05) is 5.32 Å². The molecule has 0 atom stereocenters. The summed E-state index contributed by atoms with van der Waals surface area (Å²) in [6.45, 7) is 4.16. The van der Waals surface area contributed by atoms with Crippen LogP contribution in [0.15, 0.2) is 104 Å². The highest BCUT2D eigenvalue weighted by molar-refractivity contribution is 5.96. The monoisotopic (exact) mass is 507 g/mol. The third-order valence-corrected chi connectivity index (χ3v) is 6.43. The van der Waals surface area contributed by atoms with Gasteiger partial charge < -0.3 is 10.3 Å². The van der Waals surface area contributed by atoms with E-state index in [4.69, 9.17) is 4.98 Å². The van der Waals surface area contributed by atoms with E-state index in [0.29, 0.717) is 17.2 Å². The Morgan fingerprint density at radius 1 is 0.769 bits per heavy atom. The Balaban J connectivity index is 1.25. The zero-order chi connectivity index (χ0) is 26.2. The molecular weight excluding hydrogens is 486 g/mol. The molecule has 9 heteroatoms. The fourth-order valence-electron chi connectivity index (χ4n) is 4.53. The van der Waals surface area contributed by atoms with Crippen molar-refractivity contribution in [1.82, 2.24) is 40.1 Å². The molecule has 3 N–H and O–H groups in total. The van der Waals surface area contributed by atoms with Crippen LogP contribution in [0.5, 0.6) is 0 Å². The van der Waals surface area contributed by atoms with Crippen LogP contribution in [0.3, 0.4) is 0 Å². The number of hydrogen-bond donors (Lipinski definition) is 3. The molecule has 0 saturated heterocycles. The number of pyridine rings is 4. The standard InChI is InChI=1S/C30H21N9/c1-18(19-7-3-2-4-8-19)35-21-13-20(15-31-16-21)25-14-22-26(17-34-25)38-39-27(22)30-36-24-10-12-33-28(29(24)37-30)23-9-5-6-11-32-23/h2-17,35H,1H2,(H,36,37)(H,38,39). The lowest BCUT2D eigenvalue weighted by Crippen LogP contribution is -1.98. The maximum atomic E-state index is 4.87. The lowest BCUT2D eigenvalue weighted by molar-refractivity contribution is 1.10. The van der Waals surface area contributed by atoms with Crippen molar-refractivity contribution < 1.29 is 0 Å². The van der Waals surface area contributed by atoms with Gasteiger partial charge in [-0.3, -0.25) is 25.0 Å². The summed E-state index contributed by atoms with van der Waals surface area (Å²) < 4.78 is 0. The van der Waals surface area contributed by atoms with E-state index in [0.717, 1.165) is 55.8 Å². The molecule has 0 unspecified atom stereocenters. The van der Waals surface area contributed by atoms with Gasteiger partial charge in [0.25, 0.3) is 0 Å². The first-order chi connectivity index (χ1) is 19.2. The number of H-pyrrole nitrogens is 2. The number of aromatic amines is 2. The maximum Gasteiger partial charge on any atom is 0.159 e. The normalized spacial score (nSPS) is 11.2.